The summed E-state index contributed by atoms with van der Waals surface area (Å²) < 4.78 is 40.5. The first-order chi connectivity index (χ1) is 16.8. The summed E-state index contributed by atoms with van der Waals surface area (Å²) in [5, 5.41) is 15.4. The molecule has 1 aliphatic rings. The lowest BCUT2D eigenvalue weighted by Gasteiger charge is -2.28. The minimum Gasteiger partial charge on any atom is -0.396 e. The summed E-state index contributed by atoms with van der Waals surface area (Å²) >= 11 is 1.54. The highest BCUT2D eigenvalue weighted by molar-refractivity contribution is 7.09. The number of hydrogen-bond donors (Lipinski definition) is 0. The van der Waals surface area contributed by atoms with Gasteiger partial charge in [0.25, 0.3) is 0 Å². The SMILES string of the molecule is CC(=NOCCCCc1ccccc1)c1csc(C2CC[N]C(n3nc(C(F)(F)F)cc3C)C2)n1. The van der Waals surface area contributed by atoms with Gasteiger partial charge < -0.3 is 4.84 Å². The molecule has 0 bridgehead atoms. The van der Waals surface area contributed by atoms with E-state index in [0.717, 1.165) is 42.5 Å². The van der Waals surface area contributed by atoms with E-state index in [1.54, 1.807) is 18.3 Å². The molecule has 1 saturated heterocycles. The van der Waals surface area contributed by atoms with Crippen LogP contribution >= 0.6 is 11.3 Å². The van der Waals surface area contributed by atoms with Gasteiger partial charge in [0, 0.05) is 23.5 Å². The lowest BCUT2D eigenvalue weighted by Crippen LogP contribution is -2.31. The molecule has 0 spiro atoms. The highest BCUT2D eigenvalue weighted by Crippen LogP contribution is 2.36. The molecule has 1 radical (unpaired) electrons. The topological polar surface area (TPSA) is 66.4 Å². The summed E-state index contributed by atoms with van der Waals surface area (Å²) in [5.41, 5.74) is 2.38. The van der Waals surface area contributed by atoms with E-state index in [1.165, 1.54) is 10.2 Å². The number of rotatable bonds is 9. The largest absolute Gasteiger partial charge is 0.435 e. The van der Waals surface area contributed by atoms with Gasteiger partial charge in [-0.3, -0.25) is 4.68 Å². The standard InChI is InChI=1S/C25H29F3N5OS/c1-17-14-22(25(26,27)28)31-33(17)23-15-20(11-12-29-23)24-30-21(16-35-24)18(2)32-34-13-7-6-10-19-8-4-3-5-9-19/h3-5,8-9,14,16,20,23H,6-7,10-13,15H2,1-2H3. The van der Waals surface area contributed by atoms with Crippen molar-refractivity contribution in [3.05, 3.63) is 69.4 Å². The third-order valence-corrected chi connectivity index (χ3v) is 7.05. The van der Waals surface area contributed by atoms with Gasteiger partial charge in [0.2, 0.25) is 0 Å². The Morgan fingerprint density at radius 1 is 1.23 bits per heavy atom. The number of aryl methyl sites for hydroxylation is 2. The quantitative estimate of drug-likeness (QED) is 0.201. The zero-order valence-electron chi connectivity index (χ0n) is 19.8. The maximum Gasteiger partial charge on any atom is 0.435 e. The number of unbranched alkanes of at least 4 members (excludes halogenated alkanes) is 1. The van der Waals surface area contributed by atoms with Crippen molar-refractivity contribution in [1.29, 1.82) is 0 Å². The smallest absolute Gasteiger partial charge is 0.396 e. The molecule has 3 heterocycles. The number of aromatic nitrogens is 3. The predicted molar refractivity (Wildman–Crippen MR) is 130 cm³/mol. The molecule has 0 N–H and O–H groups in total. The van der Waals surface area contributed by atoms with Crippen molar-refractivity contribution >= 4 is 17.0 Å². The number of piperidine rings is 1. The average Bonchev–Trinajstić information content (AvgIpc) is 3.49. The molecule has 6 nitrogen and oxygen atoms in total. The van der Waals surface area contributed by atoms with E-state index in [1.807, 2.05) is 30.5 Å². The Bertz CT molecular complexity index is 1130. The van der Waals surface area contributed by atoms with Crippen LogP contribution in [0.5, 0.6) is 0 Å². The van der Waals surface area contributed by atoms with Crippen LogP contribution in [0.1, 0.15) is 72.3 Å². The molecule has 0 saturated carbocycles. The van der Waals surface area contributed by atoms with Crippen LogP contribution in [0, 0.1) is 6.92 Å². The van der Waals surface area contributed by atoms with Crippen molar-refractivity contribution < 1.29 is 18.0 Å². The van der Waals surface area contributed by atoms with Gasteiger partial charge >= 0.3 is 6.18 Å². The normalized spacial score (nSPS) is 19.2. The molecule has 3 aromatic rings. The zero-order valence-corrected chi connectivity index (χ0v) is 20.6. The van der Waals surface area contributed by atoms with Gasteiger partial charge in [-0.25, -0.2) is 10.3 Å². The second-order valence-electron chi connectivity index (χ2n) is 8.74. The average molecular weight is 505 g/mol. The third-order valence-electron chi connectivity index (χ3n) is 6.05. The summed E-state index contributed by atoms with van der Waals surface area (Å²) in [7, 11) is 0. The number of nitrogens with zero attached hydrogens (tertiary/aromatic N) is 5. The summed E-state index contributed by atoms with van der Waals surface area (Å²) in [4.78, 5) is 10.2. The Kier molecular flexibility index (Phi) is 8.22. The van der Waals surface area contributed by atoms with Crippen LogP contribution in [-0.2, 0) is 17.4 Å². The van der Waals surface area contributed by atoms with E-state index in [0.29, 0.717) is 31.0 Å². The van der Waals surface area contributed by atoms with Crippen LogP contribution in [0.25, 0.3) is 0 Å². The molecule has 2 atom stereocenters. The molecule has 0 aliphatic carbocycles. The number of thiazole rings is 1. The third kappa shape index (κ3) is 6.70. The number of halogens is 3. The van der Waals surface area contributed by atoms with Crippen LogP contribution in [0.3, 0.4) is 0 Å². The van der Waals surface area contributed by atoms with Crippen LogP contribution in [0.2, 0.25) is 0 Å². The Morgan fingerprint density at radius 3 is 2.77 bits per heavy atom. The molecular weight excluding hydrogens is 475 g/mol. The highest BCUT2D eigenvalue weighted by Gasteiger charge is 2.36. The second kappa shape index (κ2) is 11.3. The molecule has 2 unspecified atom stereocenters. The summed E-state index contributed by atoms with van der Waals surface area (Å²) in [6.07, 6.45) is -0.532. The summed E-state index contributed by atoms with van der Waals surface area (Å²) in [6.45, 7) is 4.61. The van der Waals surface area contributed by atoms with E-state index in [2.05, 4.69) is 27.7 Å². The van der Waals surface area contributed by atoms with Gasteiger partial charge in [-0.15, -0.1) is 11.3 Å². The van der Waals surface area contributed by atoms with E-state index >= 15 is 0 Å². The molecule has 0 amide bonds. The van der Waals surface area contributed by atoms with Gasteiger partial charge in [0.1, 0.15) is 18.5 Å². The van der Waals surface area contributed by atoms with E-state index in [-0.39, 0.29) is 5.92 Å². The fourth-order valence-corrected chi connectivity index (χ4v) is 5.14. The molecule has 4 rings (SSSR count). The Hall–Kier alpha value is -2.72. The summed E-state index contributed by atoms with van der Waals surface area (Å²) in [6, 6.07) is 11.4. The monoisotopic (exact) mass is 504 g/mol. The van der Waals surface area contributed by atoms with Crippen molar-refractivity contribution in [3.63, 3.8) is 0 Å². The van der Waals surface area contributed by atoms with Crippen LogP contribution in [0.15, 0.2) is 46.9 Å². The molecule has 187 valence electrons. The maximum absolute atomic E-state index is 13.1. The molecular formula is C25H29F3N5OS. The van der Waals surface area contributed by atoms with Gasteiger partial charge in [-0.1, -0.05) is 35.5 Å². The number of oxime groups is 1. The fourth-order valence-electron chi connectivity index (χ4n) is 4.13. The predicted octanol–water partition coefficient (Wildman–Crippen LogP) is 6.11. The van der Waals surface area contributed by atoms with Crippen molar-refractivity contribution in [2.75, 3.05) is 13.2 Å². The second-order valence-corrected chi connectivity index (χ2v) is 9.63. The van der Waals surface area contributed by atoms with Crippen molar-refractivity contribution in [2.24, 2.45) is 5.16 Å². The first-order valence-corrected chi connectivity index (χ1v) is 12.7. The zero-order chi connectivity index (χ0) is 24.8. The lowest BCUT2D eigenvalue weighted by molar-refractivity contribution is -0.141. The summed E-state index contributed by atoms with van der Waals surface area (Å²) in [5.74, 6) is 0.112. The van der Waals surface area contributed by atoms with Crippen LogP contribution in [-0.4, -0.2) is 33.6 Å². The van der Waals surface area contributed by atoms with E-state index < -0.39 is 18.0 Å². The molecule has 35 heavy (non-hydrogen) atoms. The van der Waals surface area contributed by atoms with E-state index in [9.17, 15) is 13.2 Å². The Labute approximate surface area is 207 Å². The lowest BCUT2D eigenvalue weighted by atomic mass is 9.96. The minimum atomic E-state index is -4.46. The molecule has 10 heteroatoms. The molecule has 1 fully saturated rings. The van der Waals surface area contributed by atoms with Crippen molar-refractivity contribution in [1.82, 2.24) is 20.1 Å². The van der Waals surface area contributed by atoms with Crippen molar-refractivity contribution in [2.45, 2.75) is 64.2 Å². The number of hydrogen-bond acceptors (Lipinski definition) is 5. The van der Waals surface area contributed by atoms with Gasteiger partial charge in [0.15, 0.2) is 5.69 Å². The van der Waals surface area contributed by atoms with Gasteiger partial charge in [-0.2, -0.15) is 18.3 Å². The fraction of sp³-hybridized carbons (Fsp3) is 0.480. The van der Waals surface area contributed by atoms with Crippen LogP contribution in [0.4, 0.5) is 13.2 Å². The molecule has 1 aliphatic heterocycles. The van der Waals surface area contributed by atoms with Crippen molar-refractivity contribution in [3.8, 4) is 0 Å². The number of alkyl halides is 3. The highest BCUT2D eigenvalue weighted by atomic mass is 32.1. The molecule has 1 aromatic carbocycles. The molecule has 2 aromatic heterocycles. The first kappa shape index (κ1) is 25.4. The van der Waals surface area contributed by atoms with Gasteiger partial charge in [-0.05, 0) is 57.6 Å². The van der Waals surface area contributed by atoms with E-state index in [4.69, 9.17) is 9.82 Å². The maximum atomic E-state index is 13.1. The minimum absolute atomic E-state index is 0.112. The number of benzene rings is 1. The Morgan fingerprint density at radius 2 is 2.03 bits per heavy atom. The van der Waals surface area contributed by atoms with Gasteiger partial charge in [0.05, 0.1) is 10.7 Å². The van der Waals surface area contributed by atoms with Crippen LogP contribution < -0.4 is 5.32 Å². The first-order valence-electron chi connectivity index (χ1n) is 11.8. The Balaban J connectivity index is 1.29.